The van der Waals surface area contributed by atoms with Crippen molar-refractivity contribution in [3.8, 4) is 51.7 Å². The number of methoxy groups -OCH3 is 2. The molecule has 0 saturated heterocycles. The molecule has 0 fully saturated rings. The van der Waals surface area contributed by atoms with E-state index in [1.807, 2.05) is 153 Å². The minimum atomic E-state index is -2.86. The number of alkyl halides is 2. The molecule has 135 heavy (non-hydrogen) atoms. The zero-order valence-corrected chi connectivity index (χ0v) is 83.5. The first kappa shape index (κ1) is 103. The minimum Gasteiger partial charge on any atom is -0.497 e. The first-order valence-corrected chi connectivity index (χ1v) is 49.2. The molecule has 15 rings (SSSR count). The second kappa shape index (κ2) is 51.4. The van der Waals surface area contributed by atoms with Crippen LogP contribution < -0.4 is 42.6 Å². The van der Waals surface area contributed by atoms with E-state index >= 15 is 0 Å². The lowest BCUT2D eigenvalue weighted by molar-refractivity contribution is 0.0174. The van der Waals surface area contributed by atoms with Crippen LogP contribution in [0, 0.1) is 35.5 Å². The zero-order chi connectivity index (χ0) is 96.5. The molecule has 1 atom stereocenters. The quantitative estimate of drug-likeness (QED) is 0.0350. The third-order valence-electron chi connectivity index (χ3n) is 22.3. The standard InChI is InChI=1S/C25H32F2N2O2.C25H35N3O3.C22H28N2O3.C21H26N2O.C18H20N2OS/c1-17(2)12-13-30-21-10-11-22-23(14-21)29(15-18(3)4)24(28-22)16-31-20-8-6-19(7-9-20)25(5,26)27;1-6-27(7-2)13-14-30-22-11-12-23-24(16-22)28(17-19(3)4)25(26-23)18-31-21-10-8-9-20(15-21)29-5;1-5-11-26-19-9-10-20-21(13-19)24(14-16(2)3)22(23-20)15-27-18-8-6-7-17(12-18)25-4;1-4-24-18-11-12-19-20(14-18)23(15-16(2)3)21(22-19)13-10-17-8-6-5-7-9-17;1-14(2)12-20-17-11-7-6-10-16(17)19-18(20)13-22(21)15-8-4-3-5-9-15/h6-11,14,17-18H,12-13,15-16H2,1-5H3;8-12,15-16,19H,6-7,13-14,17-18H2,1-5H3;6-10,12-13,16H,5,11,14-15H2,1-4H3;5-9,11-12,14,16H,4,10,13,15H2,1-3H3;3-11,14H,12-13H2,1-2H3. The largest absolute Gasteiger partial charge is 0.497 e. The van der Waals surface area contributed by atoms with E-state index in [9.17, 15) is 13.0 Å². The van der Waals surface area contributed by atoms with Crippen LogP contribution in [0.25, 0.3) is 55.2 Å². The van der Waals surface area contributed by atoms with Gasteiger partial charge in [-0.1, -0.05) is 177 Å². The predicted octanol–water partition coefficient (Wildman–Crippen LogP) is 25.8. The van der Waals surface area contributed by atoms with Crippen LogP contribution >= 0.6 is 0 Å². The van der Waals surface area contributed by atoms with Crippen molar-refractivity contribution in [1.82, 2.24) is 52.7 Å². The Labute approximate surface area is 800 Å². The second-order valence-corrected chi connectivity index (χ2v) is 37.8. The van der Waals surface area contributed by atoms with Gasteiger partial charge in [0.15, 0.2) is 0 Å². The minimum absolute atomic E-state index is 0.0307. The highest BCUT2D eigenvalue weighted by Gasteiger charge is 2.25. The molecule has 5 aromatic heterocycles. The van der Waals surface area contributed by atoms with Crippen LogP contribution in [0.4, 0.5) is 8.78 Å². The number of aryl methyl sites for hydroxylation is 2. The Balaban J connectivity index is 0.000000163. The number of ether oxygens (including phenoxy) is 9. The zero-order valence-electron chi connectivity index (χ0n) is 82.7. The number of hydrogen-bond acceptors (Lipinski definition) is 16. The van der Waals surface area contributed by atoms with Crippen LogP contribution in [0.2, 0.25) is 0 Å². The van der Waals surface area contributed by atoms with Crippen molar-refractivity contribution < 1.29 is 55.6 Å². The average Bonchev–Trinajstić information content (AvgIpc) is 1.67. The predicted molar refractivity (Wildman–Crippen MR) is 543 cm³/mol. The van der Waals surface area contributed by atoms with Gasteiger partial charge in [0.25, 0.3) is 5.92 Å². The molecule has 5 heterocycles. The van der Waals surface area contributed by atoms with Gasteiger partial charge in [-0.3, -0.25) is 4.21 Å². The third kappa shape index (κ3) is 30.9. The molecule has 0 aliphatic rings. The molecule has 0 radical (unpaired) electrons. The first-order chi connectivity index (χ1) is 65.1. The number of likely N-dealkylation sites (N-methyl/N-ethyl adjacent to an activating group) is 1. The van der Waals surface area contributed by atoms with Gasteiger partial charge in [0, 0.05) is 99.5 Å². The van der Waals surface area contributed by atoms with Crippen LogP contribution in [0.3, 0.4) is 0 Å². The lowest BCUT2D eigenvalue weighted by Gasteiger charge is -2.18. The Morgan fingerprint density at radius 2 is 0.711 bits per heavy atom. The van der Waals surface area contributed by atoms with E-state index in [4.69, 9.17) is 67.6 Å². The van der Waals surface area contributed by atoms with Crippen LogP contribution in [0.5, 0.6) is 51.7 Å². The normalized spacial score (nSPS) is 11.8. The Kier molecular flexibility index (Phi) is 39.3. The van der Waals surface area contributed by atoms with Gasteiger partial charge in [-0.05, 0) is 202 Å². The van der Waals surface area contributed by atoms with E-state index in [1.54, 1.807) is 26.4 Å². The second-order valence-electron chi connectivity index (χ2n) is 36.4. The molecule has 0 aliphatic carbocycles. The number of nitrogens with zero attached hydrogens (tertiary/aromatic N) is 11. The monoisotopic (exact) mass is 1860 g/mol. The lowest BCUT2D eigenvalue weighted by atomic mass is 10.1. The van der Waals surface area contributed by atoms with Gasteiger partial charge in [0.2, 0.25) is 0 Å². The van der Waals surface area contributed by atoms with E-state index < -0.39 is 16.7 Å². The number of benzene rings is 10. The van der Waals surface area contributed by atoms with Gasteiger partial charge in [0.05, 0.1) is 106 Å². The van der Waals surface area contributed by atoms with Crippen molar-refractivity contribution in [2.24, 2.45) is 35.5 Å². The Morgan fingerprint density at radius 3 is 1.13 bits per heavy atom. The fourth-order valence-corrected chi connectivity index (χ4v) is 16.6. The van der Waals surface area contributed by atoms with Gasteiger partial charge < -0.3 is 70.4 Å². The van der Waals surface area contributed by atoms with Crippen molar-refractivity contribution in [1.29, 1.82) is 0 Å². The van der Waals surface area contributed by atoms with Crippen LogP contribution in [0.1, 0.15) is 171 Å². The summed E-state index contributed by atoms with van der Waals surface area (Å²) in [4.78, 5) is 27.2. The van der Waals surface area contributed by atoms with Crippen molar-refractivity contribution in [2.75, 3.05) is 60.3 Å². The number of imidazole rings is 5. The fourth-order valence-electron chi connectivity index (χ4n) is 15.5. The summed E-state index contributed by atoms with van der Waals surface area (Å²) < 4.78 is 103. The molecule has 10 aromatic carbocycles. The van der Waals surface area contributed by atoms with E-state index in [2.05, 4.69) is 192 Å². The summed E-state index contributed by atoms with van der Waals surface area (Å²) in [5, 5.41) is 0. The number of rotatable bonds is 43. The van der Waals surface area contributed by atoms with E-state index in [-0.39, 0.29) is 12.2 Å². The van der Waals surface area contributed by atoms with Crippen LogP contribution in [0.15, 0.2) is 235 Å². The molecule has 15 aromatic rings. The maximum absolute atomic E-state index is 13.4. The van der Waals surface area contributed by atoms with Crippen molar-refractivity contribution in [3.05, 3.63) is 271 Å². The molecule has 21 nitrogen and oxygen atoms in total. The van der Waals surface area contributed by atoms with Gasteiger partial charge >= 0.3 is 0 Å². The Morgan fingerprint density at radius 1 is 0.348 bits per heavy atom. The summed E-state index contributed by atoms with van der Waals surface area (Å²) in [6.07, 6.45) is 3.96. The molecule has 1 unspecified atom stereocenters. The van der Waals surface area contributed by atoms with E-state index in [1.165, 1.54) is 23.2 Å². The SMILES string of the molecule is CC(C)CCOc1ccc2nc(COc3ccc(C(C)(F)F)cc3)n(CC(C)C)c2c1.CC(C)Cn1c(CS(=O)c2ccccc2)nc2ccccc21.CCCOc1ccc2nc(COc3cccc(OC)c3)n(CC(C)C)c2c1.CCN(CC)CCOc1ccc2nc(COc3cccc(OC)c3)n(CC(C)C)c2c1.CCOc1ccc2nc(CCc3ccccc3)n(CC(C)C)c2c1. The van der Waals surface area contributed by atoms with Crippen LogP contribution in [-0.4, -0.2) is 117 Å². The molecule has 24 heteroatoms. The topological polar surface area (TPSA) is 192 Å². The summed E-state index contributed by atoms with van der Waals surface area (Å²) in [7, 11) is 2.24. The number of para-hydroxylation sites is 2. The summed E-state index contributed by atoms with van der Waals surface area (Å²) >= 11 is 0. The molecular weight excluding hydrogens is 1720 g/mol. The first-order valence-electron chi connectivity index (χ1n) is 47.9. The summed E-state index contributed by atoms with van der Waals surface area (Å²) in [5.41, 5.74) is 11.6. The maximum atomic E-state index is 13.4. The summed E-state index contributed by atoms with van der Waals surface area (Å²) in [6, 6.07) is 73.9. The number of fused-ring (bicyclic) bond motifs is 5. The lowest BCUT2D eigenvalue weighted by Crippen LogP contribution is -2.27. The highest BCUT2D eigenvalue weighted by Crippen LogP contribution is 2.34. The summed E-state index contributed by atoms with van der Waals surface area (Å²) in [5.74, 6) is 12.5. The molecule has 0 N–H and O–H groups in total. The molecule has 0 amide bonds. The third-order valence-corrected chi connectivity index (χ3v) is 23.6. The molecule has 0 aliphatic heterocycles. The highest BCUT2D eigenvalue weighted by atomic mass is 32.2. The smallest absolute Gasteiger partial charge is 0.270 e. The maximum Gasteiger partial charge on any atom is 0.270 e. The Bertz CT molecular complexity index is 6150. The average molecular weight is 1860 g/mol. The van der Waals surface area contributed by atoms with Gasteiger partial charge in [-0.2, -0.15) is 0 Å². The number of halogens is 2. The van der Waals surface area contributed by atoms with Gasteiger partial charge in [-0.25, -0.2) is 33.7 Å². The highest BCUT2D eigenvalue weighted by molar-refractivity contribution is 7.84. The van der Waals surface area contributed by atoms with Crippen molar-refractivity contribution in [3.63, 3.8) is 0 Å². The van der Waals surface area contributed by atoms with Crippen molar-refractivity contribution in [2.45, 2.75) is 213 Å². The van der Waals surface area contributed by atoms with Crippen LogP contribution in [-0.2, 0) is 87.9 Å². The number of aromatic nitrogens is 10. The molecular formula is C111H141F2N11O10S. The molecule has 720 valence electrons. The fraction of sp³-hybridized carbons (Fsp3) is 0.414. The number of hydrogen-bond donors (Lipinski definition) is 0. The summed E-state index contributed by atoms with van der Waals surface area (Å²) in [6.45, 7) is 47.0. The van der Waals surface area contributed by atoms with E-state index in [0.29, 0.717) is 80.0 Å². The molecule has 0 saturated carbocycles. The van der Waals surface area contributed by atoms with Crippen molar-refractivity contribution >= 4 is 66.0 Å². The molecule has 0 bridgehead atoms. The van der Waals surface area contributed by atoms with Gasteiger partial charge in [0.1, 0.15) is 107 Å². The van der Waals surface area contributed by atoms with E-state index in [0.717, 1.165) is 221 Å². The Hall–Kier alpha value is -12.3. The molecule has 0 spiro atoms. The van der Waals surface area contributed by atoms with Gasteiger partial charge in [-0.15, -0.1) is 0 Å².